The zero-order chi connectivity index (χ0) is 14.1. The third-order valence-corrected chi connectivity index (χ3v) is 3.95. The van der Waals surface area contributed by atoms with Crippen LogP contribution in [-0.4, -0.2) is 9.97 Å². The first-order valence-electron chi connectivity index (χ1n) is 6.76. The molecule has 0 aliphatic heterocycles. The molecular formula is C15H15ClFN3. The van der Waals surface area contributed by atoms with Gasteiger partial charge in [-0.1, -0.05) is 18.0 Å². The highest BCUT2D eigenvalue weighted by molar-refractivity contribution is 6.30. The van der Waals surface area contributed by atoms with E-state index in [2.05, 4.69) is 9.97 Å². The Kier molecular flexibility index (Phi) is 3.57. The van der Waals surface area contributed by atoms with Crippen molar-refractivity contribution in [2.75, 3.05) is 5.73 Å². The molecule has 0 radical (unpaired) electrons. The fraction of sp³-hybridized carbons (Fsp3) is 0.333. The van der Waals surface area contributed by atoms with E-state index < -0.39 is 5.82 Å². The minimum Gasteiger partial charge on any atom is -0.383 e. The number of anilines is 1. The van der Waals surface area contributed by atoms with Gasteiger partial charge in [0.1, 0.15) is 11.6 Å². The Bertz CT molecular complexity index is 658. The normalized spacial score (nSPS) is 14.7. The van der Waals surface area contributed by atoms with Gasteiger partial charge in [-0.2, -0.15) is 0 Å². The molecule has 0 unspecified atom stereocenters. The van der Waals surface area contributed by atoms with Crippen LogP contribution in [0.15, 0.2) is 18.2 Å². The second-order valence-electron chi connectivity index (χ2n) is 5.05. The summed E-state index contributed by atoms with van der Waals surface area (Å²) in [4.78, 5) is 8.90. The van der Waals surface area contributed by atoms with Crippen LogP contribution in [0.3, 0.4) is 0 Å². The predicted molar refractivity (Wildman–Crippen MR) is 78.1 cm³/mol. The average Bonchev–Trinajstić information content (AvgIpc) is 2.67. The van der Waals surface area contributed by atoms with Crippen molar-refractivity contribution in [2.24, 2.45) is 0 Å². The van der Waals surface area contributed by atoms with Crippen molar-refractivity contribution in [1.82, 2.24) is 9.97 Å². The Balaban J connectivity index is 2.08. The van der Waals surface area contributed by atoms with E-state index in [0.717, 1.165) is 36.9 Å². The van der Waals surface area contributed by atoms with E-state index in [1.807, 2.05) is 0 Å². The van der Waals surface area contributed by atoms with E-state index in [4.69, 9.17) is 17.3 Å². The number of nitrogens with two attached hydrogens (primary N) is 1. The van der Waals surface area contributed by atoms with Crippen LogP contribution in [0.4, 0.5) is 10.2 Å². The minimum absolute atomic E-state index is 0.0940. The number of nitrogen functional groups attached to an aromatic ring is 1. The van der Waals surface area contributed by atoms with Crippen molar-refractivity contribution in [2.45, 2.75) is 32.1 Å². The first kappa shape index (κ1) is 13.3. The lowest BCUT2D eigenvalue weighted by molar-refractivity contribution is 0.628. The third-order valence-electron chi connectivity index (χ3n) is 3.64. The van der Waals surface area contributed by atoms with Crippen LogP contribution in [0.25, 0.3) is 11.4 Å². The first-order valence-corrected chi connectivity index (χ1v) is 7.13. The summed E-state index contributed by atoms with van der Waals surface area (Å²) in [6.45, 7) is 0. The molecule has 3 nitrogen and oxygen atoms in total. The fourth-order valence-corrected chi connectivity index (χ4v) is 2.68. The molecule has 1 aliphatic rings. The van der Waals surface area contributed by atoms with Gasteiger partial charge in [-0.3, -0.25) is 0 Å². The van der Waals surface area contributed by atoms with Crippen LogP contribution < -0.4 is 5.73 Å². The lowest BCUT2D eigenvalue weighted by Crippen LogP contribution is -2.06. The average molecular weight is 292 g/mol. The van der Waals surface area contributed by atoms with Gasteiger partial charge in [-0.05, 0) is 43.9 Å². The lowest BCUT2D eigenvalue weighted by Gasteiger charge is -2.10. The molecule has 2 aromatic rings. The highest BCUT2D eigenvalue weighted by atomic mass is 35.5. The van der Waals surface area contributed by atoms with Crippen molar-refractivity contribution in [3.63, 3.8) is 0 Å². The standard InChI is InChI=1S/C15H15ClFN3/c16-11-7-6-9(8-12(11)17)15-19-13-5-3-1-2-4-10(13)14(18)20-15/h6-8H,1-5H2,(H2,18,19,20). The summed E-state index contributed by atoms with van der Waals surface area (Å²) >= 11 is 5.70. The number of fused-ring (bicyclic) bond motifs is 1. The number of hydrogen-bond donors (Lipinski definition) is 1. The van der Waals surface area contributed by atoms with Crippen LogP contribution >= 0.6 is 11.6 Å². The molecule has 1 aromatic heterocycles. The number of aromatic nitrogens is 2. The smallest absolute Gasteiger partial charge is 0.161 e. The topological polar surface area (TPSA) is 51.8 Å². The largest absolute Gasteiger partial charge is 0.383 e. The molecular weight excluding hydrogens is 277 g/mol. The quantitative estimate of drug-likeness (QED) is 0.813. The zero-order valence-corrected chi connectivity index (χ0v) is 11.8. The number of rotatable bonds is 1. The van der Waals surface area contributed by atoms with Gasteiger partial charge in [0.25, 0.3) is 0 Å². The van der Waals surface area contributed by atoms with Gasteiger partial charge in [0.05, 0.1) is 5.02 Å². The van der Waals surface area contributed by atoms with E-state index in [9.17, 15) is 4.39 Å². The van der Waals surface area contributed by atoms with Gasteiger partial charge in [-0.15, -0.1) is 0 Å². The lowest BCUT2D eigenvalue weighted by atomic mass is 10.1. The summed E-state index contributed by atoms with van der Waals surface area (Å²) in [5.74, 6) is 0.516. The van der Waals surface area contributed by atoms with Gasteiger partial charge in [0, 0.05) is 16.8 Å². The fourth-order valence-electron chi connectivity index (χ4n) is 2.56. The molecule has 1 aliphatic carbocycles. The van der Waals surface area contributed by atoms with Crippen LogP contribution in [-0.2, 0) is 12.8 Å². The minimum atomic E-state index is -0.471. The number of benzene rings is 1. The van der Waals surface area contributed by atoms with E-state index in [0.29, 0.717) is 17.2 Å². The van der Waals surface area contributed by atoms with E-state index in [1.54, 1.807) is 6.07 Å². The number of halogens is 2. The summed E-state index contributed by atoms with van der Waals surface area (Å²) in [5.41, 5.74) is 8.70. The van der Waals surface area contributed by atoms with E-state index in [-0.39, 0.29) is 5.02 Å². The summed E-state index contributed by atoms with van der Waals surface area (Å²) in [7, 11) is 0. The molecule has 1 aromatic carbocycles. The zero-order valence-electron chi connectivity index (χ0n) is 11.0. The van der Waals surface area contributed by atoms with Crippen molar-refractivity contribution in [3.8, 4) is 11.4 Å². The van der Waals surface area contributed by atoms with Crippen molar-refractivity contribution < 1.29 is 4.39 Å². The number of nitrogens with zero attached hydrogens (tertiary/aromatic N) is 2. The third kappa shape index (κ3) is 2.48. The van der Waals surface area contributed by atoms with Gasteiger partial charge < -0.3 is 5.73 Å². The molecule has 3 rings (SSSR count). The van der Waals surface area contributed by atoms with Gasteiger partial charge in [0.2, 0.25) is 0 Å². The molecule has 0 bridgehead atoms. The second-order valence-corrected chi connectivity index (χ2v) is 5.45. The van der Waals surface area contributed by atoms with Crippen LogP contribution in [0.5, 0.6) is 0 Å². The number of hydrogen-bond acceptors (Lipinski definition) is 3. The number of aryl methyl sites for hydroxylation is 1. The highest BCUT2D eigenvalue weighted by Crippen LogP contribution is 2.27. The molecule has 0 fully saturated rings. The molecule has 2 N–H and O–H groups in total. The Morgan fingerprint density at radius 2 is 1.90 bits per heavy atom. The van der Waals surface area contributed by atoms with Crippen molar-refractivity contribution in [1.29, 1.82) is 0 Å². The second kappa shape index (κ2) is 5.37. The SMILES string of the molecule is Nc1nc(-c2ccc(Cl)c(F)c2)nc2c1CCCCC2. The molecule has 0 amide bonds. The van der Waals surface area contributed by atoms with E-state index >= 15 is 0 Å². The van der Waals surface area contributed by atoms with Gasteiger partial charge in [-0.25, -0.2) is 14.4 Å². The Morgan fingerprint density at radius 3 is 2.70 bits per heavy atom. The molecule has 0 saturated heterocycles. The maximum atomic E-state index is 13.6. The summed E-state index contributed by atoms with van der Waals surface area (Å²) in [6, 6.07) is 4.57. The van der Waals surface area contributed by atoms with E-state index in [1.165, 1.54) is 18.6 Å². The molecule has 0 atom stereocenters. The maximum Gasteiger partial charge on any atom is 0.161 e. The molecule has 0 saturated carbocycles. The summed E-state index contributed by atoms with van der Waals surface area (Å²) in [6.07, 6.45) is 5.25. The maximum absolute atomic E-state index is 13.6. The first-order chi connectivity index (χ1) is 9.65. The van der Waals surface area contributed by atoms with Crippen LogP contribution in [0, 0.1) is 5.82 Å². The monoisotopic (exact) mass is 291 g/mol. The Hall–Kier alpha value is -1.68. The molecule has 104 valence electrons. The molecule has 5 heteroatoms. The summed E-state index contributed by atoms with van der Waals surface area (Å²) < 4.78 is 13.6. The molecule has 20 heavy (non-hydrogen) atoms. The molecule has 1 heterocycles. The van der Waals surface area contributed by atoms with Gasteiger partial charge in [0.15, 0.2) is 5.82 Å². The predicted octanol–water partition coefficient (Wildman–Crippen LogP) is 3.79. The van der Waals surface area contributed by atoms with Crippen LogP contribution in [0.2, 0.25) is 5.02 Å². The van der Waals surface area contributed by atoms with Crippen molar-refractivity contribution >= 4 is 17.4 Å². The van der Waals surface area contributed by atoms with Crippen molar-refractivity contribution in [3.05, 3.63) is 40.3 Å². The highest BCUT2D eigenvalue weighted by Gasteiger charge is 2.16. The van der Waals surface area contributed by atoms with Crippen LogP contribution in [0.1, 0.15) is 30.5 Å². The molecule has 0 spiro atoms. The Morgan fingerprint density at radius 1 is 1.10 bits per heavy atom. The summed E-state index contributed by atoms with van der Waals surface area (Å²) in [5, 5.41) is 0.0940. The van der Waals surface area contributed by atoms with Gasteiger partial charge >= 0.3 is 0 Å². The Labute approximate surface area is 122 Å².